The number of carbonyl (C=O) groups excluding carboxylic acids is 1. The first-order valence-electron chi connectivity index (χ1n) is 7.73. The Kier molecular flexibility index (Phi) is 4.79. The zero-order valence-corrected chi connectivity index (χ0v) is 14.4. The predicted molar refractivity (Wildman–Crippen MR) is 83.5 cm³/mol. The van der Waals surface area contributed by atoms with E-state index in [1.54, 1.807) is 0 Å². The van der Waals surface area contributed by atoms with Crippen molar-refractivity contribution >= 4 is 5.91 Å². The lowest BCUT2D eigenvalue weighted by atomic mass is 9.84. The van der Waals surface area contributed by atoms with E-state index in [0.29, 0.717) is 11.3 Å². The molecular weight excluding hydrogens is 316 g/mol. The average Bonchev–Trinajstić information content (AvgIpc) is 2.54. The molecule has 1 amide bonds. The third kappa shape index (κ3) is 2.81. The average molecular weight is 337 g/mol. The fraction of sp³-hybridized carbons (Fsp3) is 0.588. The Morgan fingerprint density at radius 2 is 2.04 bits per heavy atom. The largest absolute Gasteiger partial charge is 0.488 e. The number of nitrogens with zero attached hydrogens (tertiary/aromatic N) is 3. The van der Waals surface area contributed by atoms with Crippen molar-refractivity contribution in [3.8, 4) is 11.8 Å². The van der Waals surface area contributed by atoms with Crippen LogP contribution in [-0.4, -0.2) is 35.4 Å². The zero-order valence-electron chi connectivity index (χ0n) is 14.4. The van der Waals surface area contributed by atoms with Crippen LogP contribution in [0.4, 0.5) is 8.78 Å². The Bertz CT molecular complexity index is 685. The van der Waals surface area contributed by atoms with Crippen LogP contribution in [0.3, 0.4) is 0 Å². The highest BCUT2D eigenvalue weighted by Gasteiger charge is 2.45. The Hall–Kier alpha value is -2.23. The number of rotatable bonds is 3. The van der Waals surface area contributed by atoms with Crippen LogP contribution < -0.4 is 4.74 Å². The summed E-state index contributed by atoms with van der Waals surface area (Å²) in [6.45, 7) is 6.18. The van der Waals surface area contributed by atoms with Gasteiger partial charge in [0.2, 0.25) is 5.91 Å². The molecule has 2 heterocycles. The fourth-order valence-corrected chi connectivity index (χ4v) is 2.96. The number of ether oxygens (including phenoxy) is 1. The van der Waals surface area contributed by atoms with Gasteiger partial charge in [-0.2, -0.15) is 5.26 Å². The number of hydrogen-bond donors (Lipinski definition) is 0. The molecule has 0 aromatic carbocycles. The van der Waals surface area contributed by atoms with Gasteiger partial charge < -0.3 is 9.64 Å². The molecule has 130 valence electrons. The summed E-state index contributed by atoms with van der Waals surface area (Å²) in [5, 5.41) is 9.23. The standard InChI is InChI=1S/C17H21F2N3O2/c1-9-10(2)24-14-11(6-20)7-21-8-12(14)13(9)22(5)16(23)17(3,4)15(18)19/h7-10,13,15H,1-5H3/t9-,10+,13-/m1/s1. The van der Waals surface area contributed by atoms with E-state index in [0.717, 1.165) is 0 Å². The number of alkyl halides is 2. The van der Waals surface area contributed by atoms with Crippen LogP contribution in [0.15, 0.2) is 12.4 Å². The predicted octanol–water partition coefficient (Wildman–Crippen LogP) is 3.16. The topological polar surface area (TPSA) is 66.2 Å². The van der Waals surface area contributed by atoms with Gasteiger partial charge in [0.15, 0.2) is 0 Å². The summed E-state index contributed by atoms with van der Waals surface area (Å²) in [6.07, 6.45) is -0.128. The van der Waals surface area contributed by atoms with Crippen molar-refractivity contribution < 1.29 is 18.3 Å². The smallest absolute Gasteiger partial charge is 0.252 e. The second-order valence-corrected chi connectivity index (χ2v) is 6.78. The van der Waals surface area contributed by atoms with Crippen LogP contribution >= 0.6 is 0 Å². The maximum Gasteiger partial charge on any atom is 0.252 e. The quantitative estimate of drug-likeness (QED) is 0.850. The van der Waals surface area contributed by atoms with E-state index < -0.39 is 23.8 Å². The monoisotopic (exact) mass is 337 g/mol. The summed E-state index contributed by atoms with van der Waals surface area (Å²) in [4.78, 5) is 18.0. The molecule has 24 heavy (non-hydrogen) atoms. The van der Waals surface area contributed by atoms with E-state index >= 15 is 0 Å². The molecule has 0 saturated carbocycles. The van der Waals surface area contributed by atoms with E-state index in [2.05, 4.69) is 4.98 Å². The van der Waals surface area contributed by atoms with Crippen molar-refractivity contribution in [1.82, 2.24) is 9.88 Å². The lowest BCUT2D eigenvalue weighted by Crippen LogP contribution is -2.48. The van der Waals surface area contributed by atoms with Gasteiger partial charge in [-0.1, -0.05) is 6.92 Å². The van der Waals surface area contributed by atoms with E-state index in [1.165, 1.54) is 38.2 Å². The first-order valence-corrected chi connectivity index (χ1v) is 7.73. The van der Waals surface area contributed by atoms with E-state index in [9.17, 15) is 18.8 Å². The summed E-state index contributed by atoms with van der Waals surface area (Å²) in [7, 11) is 1.51. The maximum absolute atomic E-state index is 13.3. The Morgan fingerprint density at radius 3 is 2.58 bits per heavy atom. The molecule has 0 aliphatic carbocycles. The van der Waals surface area contributed by atoms with Gasteiger partial charge in [-0.05, 0) is 20.8 Å². The third-order valence-electron chi connectivity index (χ3n) is 4.74. The molecule has 3 atom stereocenters. The summed E-state index contributed by atoms with van der Waals surface area (Å²) in [6, 6.07) is 1.53. The summed E-state index contributed by atoms with van der Waals surface area (Å²) >= 11 is 0. The minimum absolute atomic E-state index is 0.143. The molecule has 0 unspecified atom stereocenters. The molecule has 1 aromatic rings. The van der Waals surface area contributed by atoms with Crippen LogP contribution in [0, 0.1) is 22.7 Å². The van der Waals surface area contributed by atoms with E-state index in [1.807, 2.05) is 19.9 Å². The molecule has 0 spiro atoms. The fourth-order valence-electron chi connectivity index (χ4n) is 2.96. The van der Waals surface area contributed by atoms with Gasteiger partial charge >= 0.3 is 0 Å². The molecule has 1 aliphatic heterocycles. The second-order valence-electron chi connectivity index (χ2n) is 6.78. The summed E-state index contributed by atoms with van der Waals surface area (Å²) in [5.41, 5.74) is -0.957. The number of halogens is 2. The molecule has 0 saturated heterocycles. The minimum Gasteiger partial charge on any atom is -0.488 e. The highest BCUT2D eigenvalue weighted by Crippen LogP contribution is 2.44. The zero-order chi connectivity index (χ0) is 18.2. The van der Waals surface area contributed by atoms with Crippen LogP contribution in [0.2, 0.25) is 0 Å². The highest BCUT2D eigenvalue weighted by atomic mass is 19.3. The van der Waals surface area contributed by atoms with Crippen molar-refractivity contribution in [2.24, 2.45) is 11.3 Å². The number of aromatic nitrogens is 1. The first kappa shape index (κ1) is 18.1. The summed E-state index contributed by atoms with van der Waals surface area (Å²) in [5.74, 6) is -0.426. The van der Waals surface area contributed by atoms with Crippen LogP contribution in [0.5, 0.6) is 5.75 Å². The maximum atomic E-state index is 13.3. The van der Waals surface area contributed by atoms with Crippen molar-refractivity contribution in [2.45, 2.75) is 46.3 Å². The molecule has 2 rings (SSSR count). The van der Waals surface area contributed by atoms with Crippen molar-refractivity contribution in [1.29, 1.82) is 5.26 Å². The molecule has 0 radical (unpaired) electrons. The van der Waals surface area contributed by atoms with Crippen LogP contribution in [0.25, 0.3) is 0 Å². The molecule has 0 N–H and O–H groups in total. The van der Waals surface area contributed by atoms with Gasteiger partial charge in [-0.3, -0.25) is 9.78 Å². The SMILES string of the molecule is C[C@@H]1[C@H](C)Oc2c(C#N)cncc2[C@@H]1N(C)C(=O)C(C)(C)C(F)F. The Labute approximate surface area is 140 Å². The van der Waals surface area contributed by atoms with E-state index in [4.69, 9.17) is 4.74 Å². The van der Waals surface area contributed by atoms with Gasteiger partial charge in [0, 0.05) is 30.9 Å². The normalized spacial score (nSPS) is 23.2. The molecular formula is C17H21F2N3O2. The number of carbonyl (C=O) groups is 1. The van der Waals surface area contributed by atoms with Gasteiger partial charge in [-0.25, -0.2) is 8.78 Å². The molecule has 5 nitrogen and oxygen atoms in total. The molecule has 1 aliphatic rings. The number of amides is 1. The Morgan fingerprint density at radius 1 is 1.42 bits per heavy atom. The van der Waals surface area contributed by atoms with Crippen molar-refractivity contribution in [2.75, 3.05) is 7.05 Å². The Balaban J connectivity index is 2.51. The van der Waals surface area contributed by atoms with Gasteiger partial charge in [-0.15, -0.1) is 0 Å². The van der Waals surface area contributed by atoms with Gasteiger partial charge in [0.25, 0.3) is 6.43 Å². The molecule has 0 bridgehead atoms. The number of hydrogen-bond acceptors (Lipinski definition) is 4. The van der Waals surface area contributed by atoms with E-state index in [-0.39, 0.29) is 17.6 Å². The molecule has 7 heteroatoms. The molecule has 1 aromatic heterocycles. The van der Waals surface area contributed by atoms with Crippen molar-refractivity contribution in [3.63, 3.8) is 0 Å². The van der Waals surface area contributed by atoms with Gasteiger partial charge in [0.05, 0.1) is 6.04 Å². The lowest BCUT2D eigenvalue weighted by Gasteiger charge is -2.43. The molecule has 0 fully saturated rings. The highest BCUT2D eigenvalue weighted by molar-refractivity contribution is 5.82. The third-order valence-corrected chi connectivity index (χ3v) is 4.74. The van der Waals surface area contributed by atoms with Crippen LogP contribution in [0.1, 0.15) is 44.9 Å². The van der Waals surface area contributed by atoms with Crippen molar-refractivity contribution in [3.05, 3.63) is 23.5 Å². The summed E-state index contributed by atoms with van der Waals surface area (Å²) < 4.78 is 32.3. The lowest BCUT2D eigenvalue weighted by molar-refractivity contribution is -0.152. The number of pyridine rings is 1. The van der Waals surface area contributed by atoms with Gasteiger partial charge in [0.1, 0.15) is 28.9 Å². The first-order chi connectivity index (χ1) is 11.1. The number of nitriles is 1. The number of fused-ring (bicyclic) bond motifs is 1. The van der Waals surface area contributed by atoms with Crippen LogP contribution in [-0.2, 0) is 4.79 Å². The minimum atomic E-state index is -2.77. The second kappa shape index (κ2) is 6.34.